The summed E-state index contributed by atoms with van der Waals surface area (Å²) >= 11 is 0. The molecule has 0 amide bonds. The zero-order valence-corrected chi connectivity index (χ0v) is 11.0. The summed E-state index contributed by atoms with van der Waals surface area (Å²) in [6, 6.07) is 0.560. The summed E-state index contributed by atoms with van der Waals surface area (Å²) in [5.74, 6) is 0.984. The van der Waals surface area contributed by atoms with Crippen molar-refractivity contribution in [3.63, 3.8) is 0 Å². The molecule has 0 saturated carbocycles. The molecule has 1 aromatic heterocycles. The van der Waals surface area contributed by atoms with Crippen LogP contribution in [0.15, 0.2) is 12.5 Å². The molecule has 0 fully saturated rings. The van der Waals surface area contributed by atoms with Gasteiger partial charge in [0.05, 0.1) is 6.33 Å². The molecule has 0 aliphatic carbocycles. The molecule has 0 bridgehead atoms. The lowest BCUT2D eigenvalue weighted by molar-refractivity contribution is 0.413. The molecule has 0 saturated heterocycles. The van der Waals surface area contributed by atoms with Crippen LogP contribution in [0.5, 0.6) is 0 Å². The second kappa shape index (κ2) is 6.04. The van der Waals surface area contributed by atoms with Gasteiger partial charge in [0.1, 0.15) is 0 Å². The van der Waals surface area contributed by atoms with E-state index in [9.17, 15) is 0 Å². The molecule has 3 heteroatoms. The van der Waals surface area contributed by atoms with Gasteiger partial charge in [-0.25, -0.2) is 4.98 Å². The van der Waals surface area contributed by atoms with Gasteiger partial charge in [-0.15, -0.1) is 0 Å². The monoisotopic (exact) mass is 223 g/mol. The molecule has 1 aromatic rings. The highest BCUT2D eigenvalue weighted by Crippen LogP contribution is 2.27. The number of nitrogens with zero attached hydrogens (tertiary/aromatic N) is 2. The van der Waals surface area contributed by atoms with E-state index in [2.05, 4.69) is 37.2 Å². The number of hydrogen-bond donors (Lipinski definition) is 1. The first-order valence-corrected chi connectivity index (χ1v) is 6.37. The molecule has 0 aliphatic heterocycles. The topological polar surface area (TPSA) is 43.8 Å². The van der Waals surface area contributed by atoms with Gasteiger partial charge in [0.15, 0.2) is 0 Å². The van der Waals surface area contributed by atoms with E-state index < -0.39 is 0 Å². The second-order valence-corrected chi connectivity index (χ2v) is 4.78. The van der Waals surface area contributed by atoms with E-state index in [1.165, 1.54) is 5.69 Å². The SMILES string of the molecule is CCC(CC)n1cncc1C(CN)C(C)C. The molecule has 1 unspecified atom stereocenters. The molecule has 0 spiro atoms. The Morgan fingerprint density at radius 3 is 2.38 bits per heavy atom. The van der Waals surface area contributed by atoms with Crippen molar-refractivity contribution in [2.75, 3.05) is 6.54 Å². The third-order valence-electron chi connectivity index (χ3n) is 3.47. The summed E-state index contributed by atoms with van der Waals surface area (Å²) in [5.41, 5.74) is 7.17. The van der Waals surface area contributed by atoms with Crippen molar-refractivity contribution in [1.29, 1.82) is 0 Å². The Kier molecular flexibility index (Phi) is 5.00. The van der Waals surface area contributed by atoms with Crippen LogP contribution in [0.2, 0.25) is 0 Å². The van der Waals surface area contributed by atoms with E-state index in [0.717, 1.165) is 12.8 Å². The smallest absolute Gasteiger partial charge is 0.0950 e. The summed E-state index contributed by atoms with van der Waals surface area (Å²) in [7, 11) is 0. The van der Waals surface area contributed by atoms with Crippen LogP contribution in [0.25, 0.3) is 0 Å². The first kappa shape index (κ1) is 13.2. The fraction of sp³-hybridized carbons (Fsp3) is 0.769. The lowest BCUT2D eigenvalue weighted by Crippen LogP contribution is -2.22. The van der Waals surface area contributed by atoms with Crippen LogP contribution >= 0.6 is 0 Å². The van der Waals surface area contributed by atoms with E-state index in [1.807, 2.05) is 12.5 Å². The third-order valence-corrected chi connectivity index (χ3v) is 3.47. The van der Waals surface area contributed by atoms with Crippen molar-refractivity contribution in [1.82, 2.24) is 9.55 Å². The van der Waals surface area contributed by atoms with Crippen LogP contribution in [-0.4, -0.2) is 16.1 Å². The van der Waals surface area contributed by atoms with Gasteiger partial charge >= 0.3 is 0 Å². The highest BCUT2D eigenvalue weighted by molar-refractivity contribution is 5.09. The molecule has 0 aromatic carbocycles. The third kappa shape index (κ3) is 2.64. The van der Waals surface area contributed by atoms with Crippen LogP contribution in [0.3, 0.4) is 0 Å². The lowest BCUT2D eigenvalue weighted by atomic mass is 9.92. The van der Waals surface area contributed by atoms with Crippen LogP contribution in [-0.2, 0) is 0 Å². The fourth-order valence-electron chi connectivity index (χ4n) is 2.32. The average molecular weight is 223 g/mol. The van der Waals surface area contributed by atoms with Crippen molar-refractivity contribution < 1.29 is 0 Å². The van der Waals surface area contributed by atoms with Gasteiger partial charge in [-0.2, -0.15) is 0 Å². The largest absolute Gasteiger partial charge is 0.331 e. The Morgan fingerprint density at radius 1 is 1.31 bits per heavy atom. The van der Waals surface area contributed by atoms with Gasteiger partial charge in [0.2, 0.25) is 0 Å². The highest BCUT2D eigenvalue weighted by Gasteiger charge is 2.20. The number of imidazole rings is 1. The van der Waals surface area contributed by atoms with Gasteiger partial charge < -0.3 is 10.3 Å². The Hall–Kier alpha value is -0.830. The van der Waals surface area contributed by atoms with Gasteiger partial charge in [-0.1, -0.05) is 27.7 Å². The predicted molar refractivity (Wildman–Crippen MR) is 68.5 cm³/mol. The summed E-state index contributed by atoms with van der Waals surface area (Å²) in [6.07, 6.45) is 6.23. The maximum atomic E-state index is 5.88. The van der Waals surface area contributed by atoms with Crippen molar-refractivity contribution in [3.8, 4) is 0 Å². The molecule has 1 rings (SSSR count). The molecular weight excluding hydrogens is 198 g/mol. The van der Waals surface area contributed by atoms with Crippen molar-refractivity contribution >= 4 is 0 Å². The minimum absolute atomic E-state index is 0.420. The minimum atomic E-state index is 0.420. The van der Waals surface area contributed by atoms with Crippen LogP contribution in [0.4, 0.5) is 0 Å². The van der Waals surface area contributed by atoms with Crippen LogP contribution in [0.1, 0.15) is 58.2 Å². The molecule has 1 heterocycles. The van der Waals surface area contributed by atoms with E-state index in [1.54, 1.807) is 0 Å². The Bertz CT molecular complexity index is 300. The Labute approximate surface area is 99.1 Å². The number of nitrogens with two attached hydrogens (primary N) is 1. The average Bonchev–Trinajstić information content (AvgIpc) is 2.70. The van der Waals surface area contributed by atoms with E-state index in [0.29, 0.717) is 24.4 Å². The normalized spacial score (nSPS) is 13.7. The van der Waals surface area contributed by atoms with Crippen molar-refractivity contribution in [2.24, 2.45) is 11.7 Å². The summed E-state index contributed by atoms with van der Waals surface area (Å²) in [4.78, 5) is 4.30. The van der Waals surface area contributed by atoms with Crippen LogP contribution in [0, 0.1) is 5.92 Å². The molecule has 1 atom stereocenters. The van der Waals surface area contributed by atoms with E-state index >= 15 is 0 Å². The van der Waals surface area contributed by atoms with Gasteiger partial charge in [0, 0.05) is 30.4 Å². The maximum Gasteiger partial charge on any atom is 0.0950 e. The van der Waals surface area contributed by atoms with Crippen molar-refractivity contribution in [2.45, 2.75) is 52.5 Å². The first-order valence-electron chi connectivity index (χ1n) is 6.37. The molecule has 0 radical (unpaired) electrons. The van der Waals surface area contributed by atoms with Gasteiger partial charge in [0.25, 0.3) is 0 Å². The molecule has 0 aliphatic rings. The van der Waals surface area contributed by atoms with Gasteiger partial charge in [-0.3, -0.25) is 0 Å². The minimum Gasteiger partial charge on any atom is -0.331 e. The summed E-state index contributed by atoms with van der Waals surface area (Å²) < 4.78 is 2.32. The standard InChI is InChI=1S/C13H25N3/c1-5-11(6-2)16-9-15-8-13(16)12(7-14)10(3)4/h8-12H,5-7,14H2,1-4H3. The Balaban J connectivity index is 3.00. The quantitative estimate of drug-likeness (QED) is 0.805. The number of hydrogen-bond acceptors (Lipinski definition) is 2. The zero-order valence-electron chi connectivity index (χ0n) is 11.0. The summed E-state index contributed by atoms with van der Waals surface area (Å²) in [5, 5.41) is 0. The second-order valence-electron chi connectivity index (χ2n) is 4.78. The van der Waals surface area contributed by atoms with Gasteiger partial charge in [-0.05, 0) is 18.8 Å². The molecular formula is C13H25N3. The first-order chi connectivity index (χ1) is 7.65. The van der Waals surface area contributed by atoms with E-state index in [-0.39, 0.29) is 0 Å². The molecule has 16 heavy (non-hydrogen) atoms. The molecule has 92 valence electrons. The number of aromatic nitrogens is 2. The summed E-state index contributed by atoms with van der Waals surface area (Å²) in [6.45, 7) is 9.60. The highest BCUT2D eigenvalue weighted by atomic mass is 15.1. The zero-order chi connectivity index (χ0) is 12.1. The van der Waals surface area contributed by atoms with E-state index in [4.69, 9.17) is 5.73 Å². The van der Waals surface area contributed by atoms with Crippen molar-refractivity contribution in [3.05, 3.63) is 18.2 Å². The molecule has 3 nitrogen and oxygen atoms in total. The van der Waals surface area contributed by atoms with Crippen LogP contribution < -0.4 is 5.73 Å². The lowest BCUT2D eigenvalue weighted by Gasteiger charge is -2.24. The Morgan fingerprint density at radius 2 is 1.94 bits per heavy atom. The fourth-order valence-corrected chi connectivity index (χ4v) is 2.32. The molecule has 2 N–H and O–H groups in total. The maximum absolute atomic E-state index is 5.88. The predicted octanol–water partition coefficient (Wildman–Crippen LogP) is 2.94. The number of rotatable bonds is 6.